The summed E-state index contributed by atoms with van der Waals surface area (Å²) in [4.78, 5) is 42.3. The van der Waals surface area contributed by atoms with E-state index in [1.54, 1.807) is 13.8 Å². The zero-order chi connectivity index (χ0) is 37.5. The van der Waals surface area contributed by atoms with Crippen LogP contribution in [0, 0.1) is 11.8 Å². The van der Waals surface area contributed by atoms with Crippen LogP contribution in [0.15, 0.2) is 0 Å². The van der Waals surface area contributed by atoms with Crippen LogP contribution in [-0.2, 0) is 19.1 Å². The maximum atomic E-state index is 14.0. The van der Waals surface area contributed by atoms with Crippen LogP contribution in [0.25, 0.3) is 0 Å². The number of rotatable bonds is 30. The van der Waals surface area contributed by atoms with Crippen molar-refractivity contribution < 1.29 is 34.4 Å². The van der Waals surface area contributed by atoms with E-state index in [1.165, 1.54) is 81.9 Å². The first-order valence-electron chi connectivity index (χ1n) is 20.2. The summed E-state index contributed by atoms with van der Waals surface area (Å²) >= 11 is 0. The van der Waals surface area contributed by atoms with Crippen LogP contribution < -0.4 is 17.2 Å². The van der Waals surface area contributed by atoms with E-state index in [0.717, 1.165) is 44.9 Å². The van der Waals surface area contributed by atoms with E-state index in [1.807, 2.05) is 0 Å². The van der Waals surface area contributed by atoms with Gasteiger partial charge in [0.15, 0.2) is 11.6 Å². The SMILES string of the molecule is CCCCCCCCCCCCCCN(C(=O)CCCCCCCCCCC)[C@]1(N)O[C@H](CO)[C@@H](O)[C@H](O)[C@H]1C(=O)C(N)C(=O)[C@@H](N)C(C)C. The fourth-order valence-electron chi connectivity index (χ4n) is 6.99. The van der Waals surface area contributed by atoms with Crippen LogP contribution in [0.3, 0.4) is 0 Å². The van der Waals surface area contributed by atoms with Gasteiger partial charge in [0, 0.05) is 13.0 Å². The first-order valence-corrected chi connectivity index (χ1v) is 20.2. The van der Waals surface area contributed by atoms with Crippen LogP contribution >= 0.6 is 0 Å². The minimum Gasteiger partial charge on any atom is -0.394 e. The molecule has 1 unspecified atom stereocenters. The first kappa shape index (κ1) is 46.6. The van der Waals surface area contributed by atoms with E-state index in [4.69, 9.17) is 21.9 Å². The number of nitrogens with zero attached hydrogens (tertiary/aromatic N) is 1. The molecule has 0 aromatic rings. The standard InChI is InChI=1S/C39H76N4O7/c1-5-7-9-11-13-15-16-17-19-21-23-25-27-43(31(45)26-24-22-20-18-14-12-10-8-6-2)39(42)32(37(48)35(46)30(28-44)50-39)36(47)34(41)38(49)33(40)29(3)4/h29-30,32-35,37,44,46,48H,5-28,40-42H2,1-4H3/t30-,32-,33+,34?,35-,37-,39+/m1/s1. The topological polar surface area (TPSA) is 202 Å². The van der Waals surface area contributed by atoms with Gasteiger partial charge in [-0.25, -0.2) is 0 Å². The van der Waals surface area contributed by atoms with Gasteiger partial charge in [0.2, 0.25) is 11.8 Å². The lowest BCUT2D eigenvalue weighted by Gasteiger charge is -2.53. The molecular formula is C39H76N4O7. The molecule has 9 N–H and O–H groups in total. The highest BCUT2D eigenvalue weighted by Crippen LogP contribution is 2.36. The van der Waals surface area contributed by atoms with Crippen molar-refractivity contribution in [3.8, 4) is 0 Å². The molecular weight excluding hydrogens is 636 g/mol. The smallest absolute Gasteiger partial charge is 0.225 e. The normalized spacial score (nSPS) is 23.6. The van der Waals surface area contributed by atoms with Gasteiger partial charge in [0.1, 0.15) is 24.2 Å². The summed E-state index contributed by atoms with van der Waals surface area (Å²) in [5, 5.41) is 32.1. The Hall–Kier alpha value is -1.47. The molecule has 294 valence electrons. The second-order valence-electron chi connectivity index (χ2n) is 15.1. The summed E-state index contributed by atoms with van der Waals surface area (Å²) in [5.41, 5.74) is 19.1. The zero-order valence-corrected chi connectivity index (χ0v) is 32.2. The molecule has 7 atom stereocenters. The molecule has 0 bridgehead atoms. The van der Waals surface area contributed by atoms with Crippen molar-refractivity contribution >= 4 is 17.5 Å². The van der Waals surface area contributed by atoms with E-state index < -0.39 is 60.3 Å². The summed E-state index contributed by atoms with van der Waals surface area (Å²) in [7, 11) is 0. The Morgan fingerprint density at radius 1 is 0.700 bits per heavy atom. The molecule has 11 heteroatoms. The monoisotopic (exact) mass is 713 g/mol. The Bertz CT molecular complexity index is 938. The minimum absolute atomic E-state index is 0.142. The van der Waals surface area contributed by atoms with Crippen LogP contribution in [-0.4, -0.2) is 87.1 Å². The Morgan fingerprint density at radius 3 is 1.54 bits per heavy atom. The number of ether oxygens (including phenoxy) is 1. The molecule has 1 rings (SSSR count). The fourth-order valence-corrected chi connectivity index (χ4v) is 6.99. The van der Waals surface area contributed by atoms with Gasteiger partial charge in [-0.05, 0) is 18.8 Å². The molecule has 1 fully saturated rings. The second-order valence-corrected chi connectivity index (χ2v) is 15.1. The fraction of sp³-hybridized carbons (Fsp3) is 0.923. The molecule has 0 saturated carbocycles. The lowest BCUT2D eigenvalue weighted by molar-refractivity contribution is -0.291. The molecule has 0 aromatic heterocycles. The van der Waals surface area contributed by atoms with Crippen LogP contribution in [0.4, 0.5) is 0 Å². The number of hydrogen-bond acceptors (Lipinski definition) is 10. The quantitative estimate of drug-likeness (QED) is 0.0325. The van der Waals surface area contributed by atoms with E-state index in [2.05, 4.69) is 13.8 Å². The predicted molar refractivity (Wildman–Crippen MR) is 200 cm³/mol. The largest absolute Gasteiger partial charge is 0.394 e. The molecule has 1 aliphatic rings. The number of aliphatic hydroxyl groups is 3. The van der Waals surface area contributed by atoms with Gasteiger partial charge < -0.3 is 36.4 Å². The Balaban J connectivity index is 3.08. The van der Waals surface area contributed by atoms with Gasteiger partial charge in [-0.3, -0.25) is 20.1 Å². The first-order chi connectivity index (χ1) is 23.9. The van der Waals surface area contributed by atoms with Gasteiger partial charge in [-0.2, -0.15) is 0 Å². The number of aliphatic hydroxyl groups excluding tert-OH is 3. The van der Waals surface area contributed by atoms with Crippen molar-refractivity contribution in [3.63, 3.8) is 0 Å². The molecule has 1 heterocycles. The van der Waals surface area contributed by atoms with Crippen LogP contribution in [0.2, 0.25) is 0 Å². The molecule has 1 amide bonds. The molecule has 1 saturated heterocycles. The summed E-state index contributed by atoms with van der Waals surface area (Å²) in [6.45, 7) is 7.31. The third kappa shape index (κ3) is 15.6. The van der Waals surface area contributed by atoms with Gasteiger partial charge in [0.05, 0.1) is 18.8 Å². The summed E-state index contributed by atoms with van der Waals surface area (Å²) < 4.78 is 6.01. The Labute approximate surface area is 303 Å². The van der Waals surface area contributed by atoms with E-state index in [0.29, 0.717) is 12.8 Å². The van der Waals surface area contributed by atoms with Gasteiger partial charge >= 0.3 is 0 Å². The van der Waals surface area contributed by atoms with Crippen molar-refractivity contribution in [2.75, 3.05) is 13.2 Å². The molecule has 0 aromatic carbocycles. The maximum Gasteiger partial charge on any atom is 0.225 e. The lowest BCUT2D eigenvalue weighted by Crippen LogP contribution is -2.76. The number of hydrogen-bond donors (Lipinski definition) is 6. The Morgan fingerprint density at radius 2 is 1.12 bits per heavy atom. The Kier molecular flexibility index (Phi) is 24.5. The number of carbonyl (C=O) groups excluding carboxylic acids is 3. The third-order valence-corrected chi connectivity index (χ3v) is 10.5. The average Bonchev–Trinajstić information content (AvgIpc) is 3.09. The highest BCUT2D eigenvalue weighted by Gasteiger charge is 2.60. The van der Waals surface area contributed by atoms with Crippen LogP contribution in [0.1, 0.15) is 169 Å². The van der Waals surface area contributed by atoms with Gasteiger partial charge in [-0.15, -0.1) is 0 Å². The molecule has 0 radical (unpaired) electrons. The molecule has 11 nitrogen and oxygen atoms in total. The third-order valence-electron chi connectivity index (χ3n) is 10.5. The number of unbranched alkanes of at least 4 members (excludes halogenated alkanes) is 19. The van der Waals surface area contributed by atoms with Crippen molar-refractivity contribution in [2.24, 2.45) is 29.0 Å². The van der Waals surface area contributed by atoms with Crippen molar-refractivity contribution in [1.82, 2.24) is 4.90 Å². The van der Waals surface area contributed by atoms with Crippen molar-refractivity contribution in [3.05, 3.63) is 0 Å². The predicted octanol–water partition coefficient (Wildman–Crippen LogP) is 5.23. The van der Waals surface area contributed by atoms with E-state index in [9.17, 15) is 29.7 Å². The minimum atomic E-state index is -2.25. The van der Waals surface area contributed by atoms with Crippen LogP contribution in [0.5, 0.6) is 0 Å². The molecule has 0 spiro atoms. The van der Waals surface area contributed by atoms with Gasteiger partial charge in [-0.1, -0.05) is 150 Å². The molecule has 50 heavy (non-hydrogen) atoms. The van der Waals surface area contributed by atoms with Crippen molar-refractivity contribution in [1.29, 1.82) is 0 Å². The second kappa shape index (κ2) is 26.3. The summed E-state index contributed by atoms with van der Waals surface area (Å²) in [5.74, 6) is -6.35. The molecule has 0 aliphatic carbocycles. The summed E-state index contributed by atoms with van der Waals surface area (Å²) in [6.07, 6.45) is 18.4. The van der Waals surface area contributed by atoms with Crippen molar-refractivity contribution in [2.45, 2.75) is 205 Å². The lowest BCUT2D eigenvalue weighted by atomic mass is 9.78. The number of carbonyl (C=O) groups is 3. The maximum absolute atomic E-state index is 14.0. The number of amides is 1. The number of nitrogens with two attached hydrogens (primary N) is 3. The van der Waals surface area contributed by atoms with E-state index >= 15 is 0 Å². The van der Waals surface area contributed by atoms with Gasteiger partial charge in [0.25, 0.3) is 0 Å². The number of Topliss-reactive ketones (excluding diaryl/α,β-unsaturated/α-hetero) is 2. The summed E-state index contributed by atoms with van der Waals surface area (Å²) in [6, 6.07) is -2.79. The average molecular weight is 713 g/mol. The zero-order valence-electron chi connectivity index (χ0n) is 32.2. The highest BCUT2D eigenvalue weighted by atomic mass is 16.6. The van der Waals surface area contributed by atoms with E-state index in [-0.39, 0.29) is 24.8 Å². The highest BCUT2D eigenvalue weighted by molar-refractivity contribution is 6.09. The molecule has 1 aliphatic heterocycles. The number of ketones is 2.